The standard InChI is InChI=1S/C11H22F3N/c1-9(2)5-4-6-10(3)15-8-7-11(12,13)14/h9-10,15H,4-8H2,1-3H3. The van der Waals surface area contributed by atoms with E-state index in [2.05, 4.69) is 19.2 Å². The Hall–Kier alpha value is -0.250. The van der Waals surface area contributed by atoms with Crippen molar-refractivity contribution in [2.75, 3.05) is 6.54 Å². The molecule has 0 fully saturated rings. The molecule has 0 aromatic rings. The number of hydrogen-bond acceptors (Lipinski definition) is 1. The molecule has 0 bridgehead atoms. The topological polar surface area (TPSA) is 12.0 Å². The van der Waals surface area contributed by atoms with Crippen LogP contribution >= 0.6 is 0 Å². The van der Waals surface area contributed by atoms with E-state index in [0.717, 1.165) is 19.3 Å². The molecule has 0 aromatic heterocycles. The van der Waals surface area contributed by atoms with Gasteiger partial charge in [-0.05, 0) is 19.3 Å². The van der Waals surface area contributed by atoms with Gasteiger partial charge in [0, 0.05) is 12.6 Å². The van der Waals surface area contributed by atoms with Crippen molar-refractivity contribution in [2.45, 2.75) is 58.7 Å². The number of alkyl halides is 3. The third-order valence-electron chi connectivity index (χ3n) is 2.32. The van der Waals surface area contributed by atoms with Gasteiger partial charge in [-0.15, -0.1) is 0 Å². The van der Waals surface area contributed by atoms with E-state index in [1.807, 2.05) is 6.92 Å². The molecule has 1 N–H and O–H groups in total. The summed E-state index contributed by atoms with van der Waals surface area (Å²) < 4.78 is 35.5. The summed E-state index contributed by atoms with van der Waals surface area (Å²) in [6, 6.07) is 0.186. The molecule has 0 heterocycles. The summed E-state index contributed by atoms with van der Waals surface area (Å²) in [5, 5.41) is 2.89. The maximum atomic E-state index is 11.8. The zero-order valence-corrected chi connectivity index (χ0v) is 9.82. The van der Waals surface area contributed by atoms with Gasteiger partial charge in [0.2, 0.25) is 0 Å². The molecule has 1 unspecified atom stereocenters. The zero-order valence-electron chi connectivity index (χ0n) is 9.82. The number of halogens is 3. The first-order valence-corrected chi connectivity index (χ1v) is 5.61. The van der Waals surface area contributed by atoms with Gasteiger partial charge in [-0.2, -0.15) is 13.2 Å². The van der Waals surface area contributed by atoms with Crippen LogP contribution in [0, 0.1) is 5.92 Å². The Balaban J connectivity index is 3.37. The zero-order chi connectivity index (χ0) is 11.9. The molecule has 1 atom stereocenters. The van der Waals surface area contributed by atoms with Crippen LogP contribution in [-0.4, -0.2) is 18.8 Å². The lowest BCUT2D eigenvalue weighted by Gasteiger charge is -2.15. The number of rotatable bonds is 7. The SMILES string of the molecule is CC(C)CCCC(C)NCCC(F)(F)F. The van der Waals surface area contributed by atoms with Gasteiger partial charge in [0.15, 0.2) is 0 Å². The fourth-order valence-corrected chi connectivity index (χ4v) is 1.39. The lowest BCUT2D eigenvalue weighted by atomic mass is 10.0. The van der Waals surface area contributed by atoms with Crippen molar-refractivity contribution >= 4 is 0 Å². The second-order valence-electron chi connectivity index (χ2n) is 4.55. The molecule has 0 aromatic carbocycles. The molecule has 15 heavy (non-hydrogen) atoms. The molecule has 0 amide bonds. The van der Waals surface area contributed by atoms with Crippen LogP contribution in [0.15, 0.2) is 0 Å². The average Bonchev–Trinajstić information content (AvgIpc) is 2.00. The van der Waals surface area contributed by atoms with Crippen molar-refractivity contribution in [2.24, 2.45) is 5.92 Å². The minimum Gasteiger partial charge on any atom is -0.314 e. The van der Waals surface area contributed by atoms with Crippen LogP contribution in [0.4, 0.5) is 13.2 Å². The molecule has 1 nitrogen and oxygen atoms in total. The van der Waals surface area contributed by atoms with Crippen molar-refractivity contribution in [1.82, 2.24) is 5.32 Å². The minimum atomic E-state index is -4.04. The van der Waals surface area contributed by atoms with Crippen molar-refractivity contribution in [3.63, 3.8) is 0 Å². The first kappa shape index (κ1) is 14.8. The first-order valence-electron chi connectivity index (χ1n) is 5.61. The molecule has 4 heteroatoms. The van der Waals surface area contributed by atoms with Crippen molar-refractivity contribution in [3.8, 4) is 0 Å². The van der Waals surface area contributed by atoms with E-state index < -0.39 is 12.6 Å². The summed E-state index contributed by atoms with van der Waals surface area (Å²) in [6.45, 7) is 6.28. The third kappa shape index (κ3) is 11.7. The number of hydrogen-bond donors (Lipinski definition) is 1. The Labute approximate surface area is 90.4 Å². The van der Waals surface area contributed by atoms with Crippen LogP contribution in [-0.2, 0) is 0 Å². The fraction of sp³-hybridized carbons (Fsp3) is 1.00. The molecule has 0 aliphatic heterocycles. The summed E-state index contributed by atoms with van der Waals surface area (Å²) in [6.07, 6.45) is -1.59. The highest BCUT2D eigenvalue weighted by molar-refractivity contribution is 4.63. The van der Waals surface area contributed by atoms with Crippen LogP contribution in [0.3, 0.4) is 0 Å². The van der Waals surface area contributed by atoms with Gasteiger partial charge in [-0.1, -0.05) is 26.7 Å². The molecule has 0 aliphatic rings. The highest BCUT2D eigenvalue weighted by Crippen LogP contribution is 2.18. The molecule has 0 radical (unpaired) electrons. The molecule has 0 aliphatic carbocycles. The largest absolute Gasteiger partial charge is 0.390 e. The van der Waals surface area contributed by atoms with E-state index in [4.69, 9.17) is 0 Å². The maximum Gasteiger partial charge on any atom is 0.390 e. The molecule has 0 rings (SSSR count). The Morgan fingerprint density at radius 2 is 1.67 bits per heavy atom. The van der Waals surface area contributed by atoms with Crippen molar-refractivity contribution in [1.29, 1.82) is 0 Å². The van der Waals surface area contributed by atoms with Gasteiger partial charge in [0.25, 0.3) is 0 Å². The van der Waals surface area contributed by atoms with E-state index >= 15 is 0 Å². The highest BCUT2D eigenvalue weighted by atomic mass is 19.4. The summed E-state index contributed by atoms with van der Waals surface area (Å²) in [5.74, 6) is 0.673. The Bertz CT molecular complexity index is 154. The van der Waals surface area contributed by atoms with Gasteiger partial charge in [-0.25, -0.2) is 0 Å². The first-order chi connectivity index (χ1) is 6.81. The van der Waals surface area contributed by atoms with Crippen LogP contribution in [0.1, 0.15) is 46.5 Å². The van der Waals surface area contributed by atoms with Gasteiger partial charge in [-0.3, -0.25) is 0 Å². The molecular weight excluding hydrogens is 203 g/mol. The predicted molar refractivity (Wildman–Crippen MR) is 56.8 cm³/mol. The van der Waals surface area contributed by atoms with Crippen LogP contribution in [0.25, 0.3) is 0 Å². The summed E-state index contributed by atoms with van der Waals surface area (Å²) >= 11 is 0. The molecule has 0 saturated heterocycles. The van der Waals surface area contributed by atoms with Crippen molar-refractivity contribution < 1.29 is 13.2 Å². The fourth-order valence-electron chi connectivity index (χ4n) is 1.39. The van der Waals surface area contributed by atoms with Crippen LogP contribution in [0.5, 0.6) is 0 Å². The van der Waals surface area contributed by atoms with Crippen LogP contribution < -0.4 is 5.32 Å². The minimum absolute atomic E-state index is 0.0341. The van der Waals surface area contributed by atoms with Gasteiger partial charge in [0.05, 0.1) is 6.42 Å². The normalized spacial score (nSPS) is 14.6. The molecular formula is C11H22F3N. The number of nitrogens with one attached hydrogen (secondary N) is 1. The summed E-state index contributed by atoms with van der Waals surface area (Å²) in [5.41, 5.74) is 0. The smallest absolute Gasteiger partial charge is 0.314 e. The predicted octanol–water partition coefficient (Wildman–Crippen LogP) is 3.74. The van der Waals surface area contributed by atoms with Gasteiger partial charge >= 0.3 is 6.18 Å². The lowest BCUT2D eigenvalue weighted by molar-refractivity contribution is -0.133. The van der Waals surface area contributed by atoms with E-state index in [-0.39, 0.29) is 12.6 Å². The maximum absolute atomic E-state index is 11.8. The highest BCUT2D eigenvalue weighted by Gasteiger charge is 2.26. The Morgan fingerprint density at radius 1 is 1.07 bits per heavy atom. The van der Waals surface area contributed by atoms with E-state index in [9.17, 15) is 13.2 Å². The Morgan fingerprint density at radius 3 is 2.13 bits per heavy atom. The van der Waals surface area contributed by atoms with Crippen LogP contribution in [0.2, 0.25) is 0 Å². The van der Waals surface area contributed by atoms with E-state index in [0.29, 0.717) is 5.92 Å². The average molecular weight is 225 g/mol. The monoisotopic (exact) mass is 225 g/mol. The summed E-state index contributed by atoms with van der Waals surface area (Å²) in [7, 11) is 0. The van der Waals surface area contributed by atoms with Gasteiger partial charge in [0.1, 0.15) is 0 Å². The van der Waals surface area contributed by atoms with E-state index in [1.165, 1.54) is 0 Å². The van der Waals surface area contributed by atoms with Crippen molar-refractivity contribution in [3.05, 3.63) is 0 Å². The third-order valence-corrected chi connectivity index (χ3v) is 2.32. The molecule has 92 valence electrons. The molecule has 0 saturated carbocycles. The second kappa shape index (κ2) is 7.09. The lowest BCUT2D eigenvalue weighted by Crippen LogP contribution is -2.29. The molecule has 0 spiro atoms. The quantitative estimate of drug-likeness (QED) is 0.696. The van der Waals surface area contributed by atoms with E-state index in [1.54, 1.807) is 0 Å². The van der Waals surface area contributed by atoms with Gasteiger partial charge < -0.3 is 5.32 Å². The Kier molecular flexibility index (Phi) is 6.98. The second-order valence-corrected chi connectivity index (χ2v) is 4.55. The summed E-state index contributed by atoms with van der Waals surface area (Å²) in [4.78, 5) is 0.